The Morgan fingerprint density at radius 1 is 0.907 bits per heavy atom. The lowest BCUT2D eigenvalue weighted by atomic mass is 10.0. The number of amides is 1. The second-order valence-electron chi connectivity index (χ2n) is 10.1. The number of nitrogens with two attached hydrogens (primary N) is 1. The Morgan fingerprint density at radius 2 is 1.53 bits per heavy atom. The lowest BCUT2D eigenvalue weighted by Gasteiger charge is -2.16. The fourth-order valence-corrected chi connectivity index (χ4v) is 4.94. The summed E-state index contributed by atoms with van der Waals surface area (Å²) in [5, 5.41) is 9.57. The van der Waals surface area contributed by atoms with Crippen molar-refractivity contribution in [3.8, 4) is 39.7 Å². The highest BCUT2D eigenvalue weighted by molar-refractivity contribution is 5.93. The fraction of sp³-hybridized carbons (Fsp3) is 0.152. The molecule has 0 atom stereocenters. The number of hydrazine groups is 1. The average molecular weight is 587 g/mol. The first kappa shape index (κ1) is 29.6. The number of nitrogens with one attached hydrogen (secondary N) is 1. The van der Waals surface area contributed by atoms with Gasteiger partial charge in [-0.1, -0.05) is 36.4 Å². The summed E-state index contributed by atoms with van der Waals surface area (Å²) in [7, 11) is 1.57. The monoisotopic (exact) mass is 586 g/mol. The normalized spacial score (nSPS) is 11.4. The Bertz CT molecular complexity index is 1750. The van der Waals surface area contributed by atoms with Crippen LogP contribution in [0.4, 0.5) is 13.2 Å². The number of hydrogen-bond donors (Lipinski definition) is 3. The number of hydrogen-bond acceptors (Lipinski definition) is 5. The molecule has 0 aliphatic heterocycles. The number of halogens is 3. The van der Waals surface area contributed by atoms with Crippen LogP contribution in [0.1, 0.15) is 32.6 Å². The van der Waals surface area contributed by atoms with Gasteiger partial charge in [-0.05, 0) is 78.2 Å². The second kappa shape index (κ2) is 12.1. The summed E-state index contributed by atoms with van der Waals surface area (Å²) >= 11 is 0. The minimum Gasteiger partial charge on any atom is -0.497 e. The summed E-state index contributed by atoms with van der Waals surface area (Å²) in [6.45, 7) is 1.72. The number of methoxy groups -OCH3 is 1. The standard InChI is InChI=1S/C33H29F3N4O3/c1-20-15-26(17-27(16-20)33(34,35)36)31-38-29(23-7-5-22(19-41)6-8-23)30(24-11-13-28(43-2)14-12-24)40(31)18-21-3-9-25(10-4-21)32(42)39-37/h3-17,41H,18-19,37H2,1-2H3,(H,39,42). The molecule has 1 heterocycles. The Hall–Kier alpha value is -4.93. The summed E-state index contributed by atoms with van der Waals surface area (Å²) in [6, 6.07) is 25.2. The molecule has 43 heavy (non-hydrogen) atoms. The van der Waals surface area contributed by atoms with Gasteiger partial charge in [-0.2, -0.15) is 13.2 Å². The molecular formula is C33H29F3N4O3. The van der Waals surface area contributed by atoms with Crippen molar-refractivity contribution < 1.29 is 27.8 Å². The molecule has 1 aromatic heterocycles. The van der Waals surface area contributed by atoms with Crippen molar-refractivity contribution >= 4 is 5.91 Å². The van der Waals surface area contributed by atoms with Crippen LogP contribution in [-0.4, -0.2) is 27.7 Å². The van der Waals surface area contributed by atoms with Crippen LogP contribution in [0.25, 0.3) is 33.9 Å². The lowest BCUT2D eigenvalue weighted by molar-refractivity contribution is -0.137. The first-order valence-corrected chi connectivity index (χ1v) is 13.4. The van der Waals surface area contributed by atoms with E-state index in [1.165, 1.54) is 0 Å². The highest BCUT2D eigenvalue weighted by Gasteiger charge is 2.32. The molecule has 0 fully saturated rings. The third kappa shape index (κ3) is 6.30. The van der Waals surface area contributed by atoms with Gasteiger partial charge >= 0.3 is 6.18 Å². The van der Waals surface area contributed by atoms with E-state index < -0.39 is 17.6 Å². The number of alkyl halides is 3. The van der Waals surface area contributed by atoms with Crippen LogP contribution in [0.2, 0.25) is 0 Å². The molecule has 0 bridgehead atoms. The third-order valence-electron chi connectivity index (χ3n) is 7.09. The van der Waals surface area contributed by atoms with E-state index in [0.717, 1.165) is 28.8 Å². The molecule has 0 aliphatic carbocycles. The van der Waals surface area contributed by atoms with Crippen LogP contribution >= 0.6 is 0 Å². The van der Waals surface area contributed by atoms with Crippen molar-refractivity contribution in [2.75, 3.05) is 7.11 Å². The molecule has 0 aliphatic rings. The Labute approximate surface area is 246 Å². The lowest BCUT2D eigenvalue weighted by Crippen LogP contribution is -2.29. The fourth-order valence-electron chi connectivity index (χ4n) is 4.94. The largest absolute Gasteiger partial charge is 0.497 e. The molecular weight excluding hydrogens is 557 g/mol. The molecule has 0 spiro atoms. The highest BCUT2D eigenvalue weighted by Crippen LogP contribution is 2.39. The molecule has 7 nitrogen and oxygen atoms in total. The molecule has 4 aromatic carbocycles. The number of aliphatic hydroxyl groups is 1. The minimum absolute atomic E-state index is 0.132. The van der Waals surface area contributed by atoms with Gasteiger partial charge in [-0.3, -0.25) is 10.2 Å². The summed E-state index contributed by atoms with van der Waals surface area (Å²) in [5.41, 5.74) is 6.66. The van der Waals surface area contributed by atoms with Gasteiger partial charge in [-0.25, -0.2) is 10.8 Å². The zero-order valence-corrected chi connectivity index (χ0v) is 23.4. The number of carbonyl (C=O) groups excluding carboxylic acids is 1. The summed E-state index contributed by atoms with van der Waals surface area (Å²) in [5.74, 6) is 5.81. The van der Waals surface area contributed by atoms with Gasteiger partial charge in [0.2, 0.25) is 0 Å². The predicted molar refractivity (Wildman–Crippen MR) is 158 cm³/mol. The van der Waals surface area contributed by atoms with Crippen LogP contribution in [-0.2, 0) is 19.3 Å². The first-order valence-electron chi connectivity index (χ1n) is 13.4. The average Bonchev–Trinajstić information content (AvgIpc) is 3.39. The van der Waals surface area contributed by atoms with Crippen molar-refractivity contribution in [2.45, 2.75) is 26.3 Å². The zero-order chi connectivity index (χ0) is 30.7. The van der Waals surface area contributed by atoms with Crippen LogP contribution in [0.15, 0.2) is 91.0 Å². The van der Waals surface area contributed by atoms with E-state index in [0.29, 0.717) is 45.2 Å². The maximum atomic E-state index is 13.9. The molecule has 0 unspecified atom stereocenters. The molecule has 0 saturated heterocycles. The number of nitrogens with zero attached hydrogens (tertiary/aromatic N) is 2. The first-order chi connectivity index (χ1) is 20.6. The van der Waals surface area contributed by atoms with Gasteiger partial charge in [0.25, 0.3) is 5.91 Å². The van der Waals surface area contributed by atoms with E-state index in [4.69, 9.17) is 15.6 Å². The van der Waals surface area contributed by atoms with Gasteiger partial charge in [0, 0.05) is 28.8 Å². The number of imidazole rings is 1. The second-order valence-corrected chi connectivity index (χ2v) is 10.1. The smallest absolute Gasteiger partial charge is 0.416 e. The highest BCUT2D eigenvalue weighted by atomic mass is 19.4. The number of aliphatic hydroxyl groups excluding tert-OH is 1. The number of aromatic nitrogens is 2. The Morgan fingerprint density at radius 3 is 2.12 bits per heavy atom. The van der Waals surface area contributed by atoms with Gasteiger partial charge in [-0.15, -0.1) is 0 Å². The predicted octanol–water partition coefficient (Wildman–Crippen LogP) is 6.36. The molecule has 0 radical (unpaired) electrons. The van der Waals surface area contributed by atoms with Crippen LogP contribution < -0.4 is 16.0 Å². The number of rotatable bonds is 8. The maximum absolute atomic E-state index is 13.9. The summed E-state index contributed by atoms with van der Waals surface area (Å²) in [4.78, 5) is 17.0. The van der Waals surface area contributed by atoms with Crippen LogP contribution in [0, 0.1) is 6.92 Å². The topological polar surface area (TPSA) is 102 Å². The van der Waals surface area contributed by atoms with Gasteiger partial charge in [0.05, 0.1) is 30.7 Å². The number of ether oxygens (including phenoxy) is 1. The molecule has 5 rings (SSSR count). The quantitative estimate of drug-likeness (QED) is 0.112. The van der Waals surface area contributed by atoms with Crippen molar-refractivity contribution in [2.24, 2.45) is 5.84 Å². The number of benzene rings is 4. The van der Waals surface area contributed by atoms with E-state index in [1.807, 2.05) is 28.8 Å². The Balaban J connectivity index is 1.78. The summed E-state index contributed by atoms with van der Waals surface area (Å²) in [6.07, 6.45) is -4.54. The van der Waals surface area contributed by atoms with E-state index >= 15 is 0 Å². The van der Waals surface area contributed by atoms with Crippen LogP contribution in [0.5, 0.6) is 5.75 Å². The molecule has 10 heteroatoms. The SMILES string of the molecule is COc1ccc(-c2c(-c3ccc(CO)cc3)nc(-c3cc(C)cc(C(F)(F)F)c3)n2Cc2ccc(C(=O)NN)cc2)cc1. The molecule has 5 aromatic rings. The van der Waals surface area contributed by atoms with E-state index in [-0.39, 0.29) is 13.2 Å². The van der Waals surface area contributed by atoms with Crippen molar-refractivity contribution in [1.82, 2.24) is 15.0 Å². The van der Waals surface area contributed by atoms with E-state index in [2.05, 4.69) is 5.43 Å². The van der Waals surface area contributed by atoms with Gasteiger partial charge in [0.15, 0.2) is 0 Å². The van der Waals surface area contributed by atoms with E-state index in [1.54, 1.807) is 68.6 Å². The number of nitrogen functional groups attached to an aromatic ring is 1. The van der Waals surface area contributed by atoms with Crippen molar-refractivity contribution in [3.63, 3.8) is 0 Å². The molecule has 220 valence electrons. The Kier molecular flexibility index (Phi) is 8.33. The molecule has 4 N–H and O–H groups in total. The molecule has 0 saturated carbocycles. The zero-order valence-electron chi connectivity index (χ0n) is 23.4. The third-order valence-corrected chi connectivity index (χ3v) is 7.09. The van der Waals surface area contributed by atoms with Crippen molar-refractivity contribution in [1.29, 1.82) is 0 Å². The van der Waals surface area contributed by atoms with Gasteiger partial charge < -0.3 is 14.4 Å². The minimum atomic E-state index is -4.54. The summed E-state index contributed by atoms with van der Waals surface area (Å²) < 4.78 is 48.9. The number of carbonyl (C=O) groups is 1. The van der Waals surface area contributed by atoms with Crippen LogP contribution in [0.3, 0.4) is 0 Å². The van der Waals surface area contributed by atoms with Crippen molar-refractivity contribution in [3.05, 3.63) is 119 Å². The number of aryl methyl sites for hydroxylation is 1. The maximum Gasteiger partial charge on any atom is 0.416 e. The van der Waals surface area contributed by atoms with Gasteiger partial charge in [0.1, 0.15) is 11.6 Å². The molecule has 1 amide bonds. The van der Waals surface area contributed by atoms with E-state index in [9.17, 15) is 23.1 Å².